The van der Waals surface area contributed by atoms with Gasteiger partial charge in [0.25, 0.3) is 0 Å². The van der Waals surface area contributed by atoms with E-state index in [0.717, 1.165) is 16.3 Å². The van der Waals surface area contributed by atoms with Gasteiger partial charge in [0.1, 0.15) is 5.75 Å². The van der Waals surface area contributed by atoms with Crippen molar-refractivity contribution in [2.75, 3.05) is 0 Å². The van der Waals surface area contributed by atoms with E-state index in [4.69, 9.17) is 18.6 Å². The summed E-state index contributed by atoms with van der Waals surface area (Å²) in [6.07, 6.45) is 4.08. The molecule has 0 saturated carbocycles. The van der Waals surface area contributed by atoms with Crippen LogP contribution < -0.4 is 23.0 Å². The Hall–Kier alpha value is -1.96. The molecule has 0 aliphatic carbocycles. The number of aromatic nitrogens is 1. The number of benzene rings is 1. The Labute approximate surface area is 116 Å². The number of pyridine rings is 2. The highest BCUT2D eigenvalue weighted by molar-refractivity contribution is 5.84. The maximum Gasteiger partial charge on any atom is 0.211 e. The van der Waals surface area contributed by atoms with Crippen LogP contribution in [0.4, 0.5) is 0 Å². The second kappa shape index (κ2) is 5.58. The lowest BCUT2D eigenvalue weighted by Gasteiger charge is -2.17. The van der Waals surface area contributed by atoms with Gasteiger partial charge in [0.05, 0.1) is 0 Å². The van der Waals surface area contributed by atoms with Crippen molar-refractivity contribution in [1.29, 1.82) is 0 Å². The molecule has 0 aliphatic rings. The van der Waals surface area contributed by atoms with Crippen LogP contribution in [-0.2, 0) is 0 Å². The van der Waals surface area contributed by atoms with E-state index >= 15 is 0 Å². The summed E-state index contributed by atoms with van der Waals surface area (Å²) in [6, 6.07) is 13.5. The van der Waals surface area contributed by atoms with Crippen LogP contribution in [0.15, 0.2) is 54.9 Å². The molecule has 6 nitrogen and oxygen atoms in total. The van der Waals surface area contributed by atoms with Crippen molar-refractivity contribution in [3.8, 4) is 5.75 Å². The van der Waals surface area contributed by atoms with Gasteiger partial charge in [-0.25, -0.2) is 18.6 Å². The van der Waals surface area contributed by atoms with E-state index in [9.17, 15) is 5.11 Å². The van der Waals surface area contributed by atoms with Crippen LogP contribution >= 0.6 is 0 Å². The molecule has 0 amide bonds. The van der Waals surface area contributed by atoms with Gasteiger partial charge in [-0.2, -0.15) is 4.40 Å². The Morgan fingerprint density at radius 3 is 2.30 bits per heavy atom. The summed E-state index contributed by atoms with van der Waals surface area (Å²) in [5.74, 6) is 0.308. The number of phenols is 1. The van der Waals surface area contributed by atoms with Gasteiger partial charge in [0, 0.05) is 23.6 Å². The van der Waals surface area contributed by atoms with Crippen molar-refractivity contribution in [2.24, 2.45) is 0 Å². The number of rotatable bonds is 0. The Balaban J connectivity index is 0.000000257. The van der Waals surface area contributed by atoms with Gasteiger partial charge < -0.3 is 5.11 Å². The first-order valence-electron chi connectivity index (χ1n) is 5.47. The molecule has 7 heteroatoms. The molecule has 0 atom stereocenters. The number of halogens is 1. The zero-order chi connectivity index (χ0) is 14.8. The molecule has 1 aromatic carbocycles. The minimum absolute atomic E-state index is 0.308. The van der Waals surface area contributed by atoms with Gasteiger partial charge in [-0.1, -0.05) is 0 Å². The van der Waals surface area contributed by atoms with E-state index in [1.165, 1.54) is 0 Å². The zero-order valence-electron chi connectivity index (χ0n) is 10.1. The average molecular weight is 296 g/mol. The lowest BCUT2D eigenvalue weighted by Crippen LogP contribution is -2.68. The second-order valence-electron chi connectivity index (χ2n) is 4.00. The van der Waals surface area contributed by atoms with Crippen LogP contribution in [0.2, 0.25) is 0 Å². The van der Waals surface area contributed by atoms with Crippen LogP contribution in [-0.4, -0.2) is 5.11 Å². The van der Waals surface area contributed by atoms with Crippen LogP contribution in [0.1, 0.15) is 0 Å². The fourth-order valence-electron chi connectivity index (χ4n) is 1.82. The molecule has 0 fully saturated rings. The molecule has 3 rings (SSSR count). The van der Waals surface area contributed by atoms with Crippen molar-refractivity contribution in [3.63, 3.8) is 0 Å². The number of hydrogen-bond acceptors (Lipinski definition) is 5. The molecule has 2 heterocycles. The minimum atomic E-state index is -4.94. The SMILES string of the molecule is Oc1ccc2c[n+]3ccccc3cc2c1.[O-][Cl+3]([O-])([O-])[O-]. The predicted octanol–water partition coefficient (Wildman–Crippen LogP) is -2.47. The van der Waals surface area contributed by atoms with Crippen molar-refractivity contribution < 1.29 is 38.4 Å². The van der Waals surface area contributed by atoms with Crippen molar-refractivity contribution in [3.05, 3.63) is 54.9 Å². The maximum atomic E-state index is 9.40. The Morgan fingerprint density at radius 2 is 1.60 bits per heavy atom. The van der Waals surface area contributed by atoms with Crippen LogP contribution in [0.5, 0.6) is 5.75 Å². The number of aromatic hydroxyl groups is 1. The van der Waals surface area contributed by atoms with E-state index in [1.807, 2.05) is 30.5 Å². The summed E-state index contributed by atoms with van der Waals surface area (Å²) in [7, 11) is -4.94. The molecule has 1 N–H and O–H groups in total. The summed E-state index contributed by atoms with van der Waals surface area (Å²) in [4.78, 5) is 0. The monoisotopic (exact) mass is 295 g/mol. The van der Waals surface area contributed by atoms with Gasteiger partial charge in [-0.15, -0.1) is 10.2 Å². The molecule has 20 heavy (non-hydrogen) atoms. The maximum absolute atomic E-state index is 9.40. The fourth-order valence-corrected chi connectivity index (χ4v) is 1.82. The fraction of sp³-hybridized carbons (Fsp3) is 0. The quantitative estimate of drug-likeness (QED) is 0.364. The molecule has 0 spiro atoms. The van der Waals surface area contributed by atoms with Gasteiger partial charge in [-0.3, -0.25) is 0 Å². The predicted molar refractivity (Wildman–Crippen MR) is 58.8 cm³/mol. The van der Waals surface area contributed by atoms with Gasteiger partial charge in [0.15, 0.2) is 12.4 Å². The smallest absolute Gasteiger partial charge is 0.211 e. The highest BCUT2D eigenvalue weighted by Gasteiger charge is 2.04. The van der Waals surface area contributed by atoms with E-state index in [0.29, 0.717) is 5.75 Å². The van der Waals surface area contributed by atoms with E-state index in [1.54, 1.807) is 12.1 Å². The van der Waals surface area contributed by atoms with Crippen LogP contribution in [0.3, 0.4) is 0 Å². The normalized spacial score (nSPS) is 11.2. The summed E-state index contributed by atoms with van der Waals surface area (Å²) < 4.78 is 36.0. The molecule has 0 radical (unpaired) electrons. The third-order valence-electron chi connectivity index (χ3n) is 2.57. The van der Waals surface area contributed by atoms with E-state index in [2.05, 4.69) is 16.7 Å². The topological polar surface area (TPSA) is 117 Å². The lowest BCUT2D eigenvalue weighted by atomic mass is 10.1. The lowest BCUT2D eigenvalue weighted by molar-refractivity contribution is -2.00. The molecule has 2 aromatic heterocycles. The molecular weight excluding hydrogens is 286 g/mol. The summed E-state index contributed by atoms with van der Waals surface area (Å²) in [5.41, 5.74) is 1.12. The Kier molecular flexibility index (Phi) is 4.03. The van der Waals surface area contributed by atoms with Crippen molar-refractivity contribution in [2.45, 2.75) is 0 Å². The number of hydrogen-bond donors (Lipinski definition) is 1. The third-order valence-corrected chi connectivity index (χ3v) is 2.57. The van der Waals surface area contributed by atoms with E-state index < -0.39 is 10.2 Å². The molecule has 0 saturated heterocycles. The number of fused-ring (bicyclic) bond motifs is 2. The molecular formula is C13H10ClNO5. The Morgan fingerprint density at radius 1 is 0.900 bits per heavy atom. The van der Waals surface area contributed by atoms with Crippen molar-refractivity contribution >= 4 is 16.3 Å². The number of phenolic OH excluding ortho intramolecular Hbond substituents is 1. The first kappa shape index (κ1) is 14.4. The first-order chi connectivity index (χ1) is 9.33. The summed E-state index contributed by atoms with van der Waals surface area (Å²) >= 11 is 0. The molecule has 0 aliphatic heterocycles. The second-order valence-corrected chi connectivity index (χ2v) is 4.75. The van der Waals surface area contributed by atoms with Gasteiger partial charge >= 0.3 is 0 Å². The molecule has 0 bridgehead atoms. The zero-order valence-corrected chi connectivity index (χ0v) is 10.9. The molecule has 0 unspecified atom stereocenters. The minimum Gasteiger partial charge on any atom is -0.508 e. The highest BCUT2D eigenvalue weighted by Crippen LogP contribution is 2.19. The largest absolute Gasteiger partial charge is 0.508 e. The van der Waals surface area contributed by atoms with Crippen LogP contribution in [0, 0.1) is 10.2 Å². The average Bonchev–Trinajstić information content (AvgIpc) is 2.34. The van der Waals surface area contributed by atoms with Crippen molar-refractivity contribution in [1.82, 2.24) is 0 Å². The Bertz CT molecular complexity index is 735. The third kappa shape index (κ3) is 4.02. The summed E-state index contributed by atoms with van der Waals surface area (Å²) in [6.45, 7) is 0. The first-order valence-corrected chi connectivity index (χ1v) is 6.71. The molecule has 104 valence electrons. The standard InChI is InChI=1S/C13H9NO.ClHO4/c15-13-5-4-10-9-14-6-2-1-3-12(14)7-11(10)8-13;2-1(3,4)5/h1-9H;(H,2,3,4,5). The van der Waals surface area contributed by atoms with Crippen LogP contribution in [0.25, 0.3) is 16.3 Å². The van der Waals surface area contributed by atoms with Gasteiger partial charge in [-0.05, 0) is 29.7 Å². The molecule has 3 aromatic rings. The van der Waals surface area contributed by atoms with E-state index in [-0.39, 0.29) is 0 Å². The van der Waals surface area contributed by atoms with Gasteiger partial charge in [0.2, 0.25) is 5.52 Å². The highest BCUT2D eigenvalue weighted by atomic mass is 35.7. The summed E-state index contributed by atoms with van der Waals surface area (Å²) in [5, 5.41) is 11.6. The number of nitrogens with zero attached hydrogens (tertiary/aromatic N) is 1.